The Morgan fingerprint density at radius 2 is 2.16 bits per heavy atom. The maximum Gasteiger partial charge on any atom is 0.410 e. The summed E-state index contributed by atoms with van der Waals surface area (Å²) in [5.74, 6) is -0.350. The van der Waals surface area contributed by atoms with Crippen LogP contribution in [-0.2, 0) is 9.53 Å². The number of halogens is 2. The van der Waals surface area contributed by atoms with Crippen LogP contribution in [0, 0.1) is 0 Å². The molecule has 0 bridgehead atoms. The minimum atomic E-state index is -1.55. The average molecular weight is 372 g/mol. The van der Waals surface area contributed by atoms with E-state index in [4.69, 9.17) is 16.3 Å². The Bertz CT molecular complexity index is 726. The van der Waals surface area contributed by atoms with Crippen LogP contribution in [-0.4, -0.2) is 64.5 Å². The van der Waals surface area contributed by atoms with Crippen molar-refractivity contribution >= 4 is 35.1 Å². The third-order valence-corrected chi connectivity index (χ3v) is 4.31. The lowest BCUT2D eigenvalue weighted by atomic mass is 9.91. The van der Waals surface area contributed by atoms with Crippen molar-refractivity contribution in [2.75, 3.05) is 36.5 Å². The Hall–Kier alpha value is -2.16. The van der Waals surface area contributed by atoms with Crippen LogP contribution in [0.3, 0.4) is 0 Å². The van der Waals surface area contributed by atoms with Crippen molar-refractivity contribution in [3.63, 3.8) is 0 Å². The molecule has 1 unspecified atom stereocenters. The number of carbonyl (C=O) groups is 2. The van der Waals surface area contributed by atoms with E-state index in [0.717, 1.165) is 0 Å². The molecule has 1 fully saturated rings. The zero-order valence-corrected chi connectivity index (χ0v) is 14.9. The van der Waals surface area contributed by atoms with E-state index >= 15 is 0 Å². The molecule has 1 N–H and O–H groups in total. The first-order valence-corrected chi connectivity index (χ1v) is 8.20. The van der Waals surface area contributed by atoms with Gasteiger partial charge in [0.25, 0.3) is 5.91 Å². The van der Waals surface area contributed by atoms with Gasteiger partial charge < -0.3 is 19.9 Å². The van der Waals surface area contributed by atoms with Gasteiger partial charge in [-0.3, -0.25) is 4.79 Å². The first-order chi connectivity index (χ1) is 11.7. The van der Waals surface area contributed by atoms with Crippen molar-refractivity contribution in [3.05, 3.63) is 11.2 Å². The van der Waals surface area contributed by atoms with Gasteiger partial charge in [0, 0.05) is 19.2 Å². The molecule has 2 aliphatic heterocycles. The second-order valence-electron chi connectivity index (χ2n) is 7.07. The lowest BCUT2D eigenvalue weighted by Crippen LogP contribution is -2.71. The number of rotatable bonds is 1. The number of fused-ring (bicyclic) bond motifs is 3. The molecule has 0 saturated carbocycles. The zero-order chi connectivity index (χ0) is 18.4. The number of alkyl halides is 1. The van der Waals surface area contributed by atoms with Crippen LogP contribution in [0.1, 0.15) is 20.8 Å². The van der Waals surface area contributed by atoms with E-state index in [-0.39, 0.29) is 30.6 Å². The fourth-order valence-corrected chi connectivity index (χ4v) is 3.14. The molecule has 8 nitrogen and oxygen atoms in total. The number of hydrogen-bond acceptors (Lipinski definition) is 6. The lowest BCUT2D eigenvalue weighted by molar-refractivity contribution is -0.123. The number of carbonyl (C=O) groups excluding carboxylic acids is 2. The number of aromatic nitrogens is 2. The van der Waals surface area contributed by atoms with Crippen molar-refractivity contribution in [1.29, 1.82) is 0 Å². The molecule has 1 atom stereocenters. The van der Waals surface area contributed by atoms with Crippen molar-refractivity contribution in [2.24, 2.45) is 0 Å². The summed E-state index contributed by atoms with van der Waals surface area (Å²) in [6, 6.07) is 1.52. The highest BCUT2D eigenvalue weighted by molar-refractivity contribution is 6.29. The van der Waals surface area contributed by atoms with Crippen LogP contribution >= 0.6 is 11.6 Å². The molecule has 136 valence electrons. The molecule has 0 spiro atoms. The van der Waals surface area contributed by atoms with Crippen molar-refractivity contribution in [2.45, 2.75) is 31.9 Å². The Balaban J connectivity index is 1.93. The van der Waals surface area contributed by atoms with Crippen LogP contribution in [0.4, 0.5) is 20.7 Å². The molecule has 0 aliphatic carbocycles. The van der Waals surface area contributed by atoms with E-state index in [0.29, 0.717) is 5.69 Å². The van der Waals surface area contributed by atoms with Gasteiger partial charge in [-0.25, -0.2) is 9.18 Å². The second-order valence-corrected chi connectivity index (χ2v) is 7.46. The summed E-state index contributed by atoms with van der Waals surface area (Å²) >= 11 is 5.89. The third-order valence-electron chi connectivity index (χ3n) is 4.12. The number of ether oxygens (including phenoxy) is 1. The number of amides is 2. The van der Waals surface area contributed by atoms with Gasteiger partial charge >= 0.3 is 6.09 Å². The lowest BCUT2D eigenvalue weighted by Gasteiger charge is -2.51. The number of nitrogens with one attached hydrogen (secondary N) is 1. The minimum Gasteiger partial charge on any atom is -0.444 e. The Morgan fingerprint density at radius 1 is 1.44 bits per heavy atom. The van der Waals surface area contributed by atoms with Gasteiger partial charge in [0.1, 0.15) is 12.3 Å². The van der Waals surface area contributed by atoms with E-state index in [2.05, 4.69) is 15.5 Å². The molecule has 1 saturated heterocycles. The molecule has 0 aromatic carbocycles. The molecule has 3 rings (SSSR count). The van der Waals surface area contributed by atoms with Gasteiger partial charge in [-0.1, -0.05) is 11.6 Å². The largest absolute Gasteiger partial charge is 0.444 e. The van der Waals surface area contributed by atoms with E-state index in [1.807, 2.05) is 0 Å². The summed E-state index contributed by atoms with van der Waals surface area (Å²) in [5.41, 5.74) is -1.74. The van der Waals surface area contributed by atoms with E-state index in [9.17, 15) is 14.0 Å². The summed E-state index contributed by atoms with van der Waals surface area (Å²) in [7, 11) is 0. The first-order valence-electron chi connectivity index (χ1n) is 7.82. The SMILES string of the molecule is CC(C)(C)OC(=O)N1CCN2c3cc(Cl)nnc3NC(=O)C2(CF)C1. The molecule has 2 amide bonds. The van der Waals surface area contributed by atoms with Crippen LogP contribution < -0.4 is 10.2 Å². The zero-order valence-electron chi connectivity index (χ0n) is 14.2. The summed E-state index contributed by atoms with van der Waals surface area (Å²) in [6.07, 6.45) is -0.579. The highest BCUT2D eigenvalue weighted by Crippen LogP contribution is 2.39. The number of nitrogens with zero attached hydrogens (tertiary/aromatic N) is 4. The Kier molecular flexibility index (Phi) is 4.22. The van der Waals surface area contributed by atoms with Gasteiger partial charge in [-0.2, -0.15) is 0 Å². The Morgan fingerprint density at radius 3 is 2.80 bits per heavy atom. The topological polar surface area (TPSA) is 87.7 Å². The standard InChI is InChI=1S/C15H19ClFN5O3/c1-14(2,3)25-13(24)21-4-5-22-9-6-10(16)19-20-11(9)18-12(23)15(22,7-17)8-21/h6H,4-5,7-8H2,1-3H3,(H,18,20,23). The molecular weight excluding hydrogens is 353 g/mol. The van der Waals surface area contributed by atoms with E-state index < -0.39 is 29.8 Å². The van der Waals surface area contributed by atoms with Crippen molar-refractivity contribution < 1.29 is 18.7 Å². The predicted molar refractivity (Wildman–Crippen MR) is 89.5 cm³/mol. The van der Waals surface area contributed by atoms with Gasteiger partial charge in [0.05, 0.1) is 12.2 Å². The molecule has 2 aliphatic rings. The van der Waals surface area contributed by atoms with Gasteiger partial charge in [-0.15, -0.1) is 10.2 Å². The number of anilines is 2. The monoisotopic (exact) mass is 371 g/mol. The predicted octanol–water partition coefficient (Wildman–Crippen LogP) is 1.85. The fourth-order valence-electron chi connectivity index (χ4n) is 3.00. The summed E-state index contributed by atoms with van der Waals surface area (Å²) in [4.78, 5) is 27.9. The average Bonchev–Trinajstić information content (AvgIpc) is 2.53. The maximum atomic E-state index is 14.1. The van der Waals surface area contributed by atoms with Crippen LogP contribution in [0.25, 0.3) is 0 Å². The minimum absolute atomic E-state index is 0.135. The number of hydrogen-bond donors (Lipinski definition) is 1. The summed E-state index contributed by atoms with van der Waals surface area (Å²) in [5, 5.41) is 10.2. The van der Waals surface area contributed by atoms with Crippen LogP contribution in [0.5, 0.6) is 0 Å². The van der Waals surface area contributed by atoms with Crippen molar-refractivity contribution in [1.82, 2.24) is 15.1 Å². The molecule has 1 aromatic rings. The first kappa shape index (κ1) is 17.7. The summed E-state index contributed by atoms with van der Waals surface area (Å²) < 4.78 is 19.4. The molecule has 3 heterocycles. The van der Waals surface area contributed by atoms with E-state index in [1.165, 1.54) is 11.0 Å². The third kappa shape index (κ3) is 3.08. The van der Waals surface area contributed by atoms with Gasteiger partial charge in [-0.05, 0) is 20.8 Å². The van der Waals surface area contributed by atoms with Crippen LogP contribution in [0.15, 0.2) is 6.07 Å². The maximum absolute atomic E-state index is 14.1. The quantitative estimate of drug-likeness (QED) is 0.810. The van der Waals surface area contributed by atoms with Crippen LogP contribution in [0.2, 0.25) is 5.15 Å². The fraction of sp³-hybridized carbons (Fsp3) is 0.600. The summed E-state index contributed by atoms with van der Waals surface area (Å²) in [6.45, 7) is 4.65. The Labute approximate surface area is 149 Å². The highest BCUT2D eigenvalue weighted by Gasteiger charge is 2.53. The van der Waals surface area contributed by atoms with Gasteiger partial charge in [0.2, 0.25) is 0 Å². The van der Waals surface area contributed by atoms with Crippen molar-refractivity contribution in [3.8, 4) is 0 Å². The molecular formula is C15H19ClFN5O3. The van der Waals surface area contributed by atoms with Gasteiger partial charge in [0.15, 0.2) is 16.5 Å². The second kappa shape index (κ2) is 5.98. The molecule has 1 aromatic heterocycles. The van der Waals surface area contributed by atoms with E-state index in [1.54, 1.807) is 25.7 Å². The molecule has 0 radical (unpaired) electrons. The smallest absolute Gasteiger partial charge is 0.410 e. The molecule has 10 heteroatoms. The highest BCUT2D eigenvalue weighted by atomic mass is 35.5. The number of piperazine rings is 1. The normalized spacial score (nSPS) is 22.8. The molecule has 25 heavy (non-hydrogen) atoms.